The molecule has 0 aliphatic rings. The van der Waals surface area contributed by atoms with Gasteiger partial charge in [0.15, 0.2) is 0 Å². The van der Waals surface area contributed by atoms with E-state index in [1.54, 1.807) is 0 Å². The van der Waals surface area contributed by atoms with Crippen LogP contribution in [0.25, 0.3) is 0 Å². The molecule has 0 aromatic heterocycles. The van der Waals surface area contributed by atoms with Crippen LogP contribution in [-0.2, 0) is 11.2 Å². The van der Waals surface area contributed by atoms with Crippen molar-refractivity contribution in [3.63, 3.8) is 0 Å². The van der Waals surface area contributed by atoms with E-state index in [0.717, 1.165) is 18.4 Å². The molecule has 2 heteroatoms. The third-order valence-corrected chi connectivity index (χ3v) is 2.55. The Kier molecular flexibility index (Phi) is 5.16. The largest absolute Gasteiger partial charge is 0.386 e. The summed E-state index contributed by atoms with van der Waals surface area (Å²) < 4.78 is 5.60. The van der Waals surface area contributed by atoms with Gasteiger partial charge in [0.1, 0.15) is 6.10 Å². The normalized spacial score (nSPS) is 13.7. The van der Waals surface area contributed by atoms with E-state index in [1.807, 2.05) is 32.9 Å². The van der Waals surface area contributed by atoms with E-state index in [4.69, 9.17) is 4.74 Å². The average molecular weight is 236 g/mol. The van der Waals surface area contributed by atoms with Crippen molar-refractivity contribution < 1.29 is 9.84 Å². The van der Waals surface area contributed by atoms with Crippen molar-refractivity contribution >= 4 is 0 Å². The molecule has 2 nitrogen and oxygen atoms in total. The van der Waals surface area contributed by atoms with Gasteiger partial charge < -0.3 is 9.84 Å². The molecular weight excluding hydrogens is 212 g/mol. The van der Waals surface area contributed by atoms with Gasteiger partial charge in [0, 0.05) is 0 Å². The van der Waals surface area contributed by atoms with Crippen LogP contribution in [0.4, 0.5) is 0 Å². The average Bonchev–Trinajstić information content (AvgIpc) is 2.26. The highest BCUT2D eigenvalue weighted by molar-refractivity contribution is 5.25. The first-order valence-corrected chi connectivity index (χ1v) is 6.33. The molecule has 1 N–H and O–H groups in total. The number of hydrogen-bond acceptors (Lipinski definition) is 2. The summed E-state index contributed by atoms with van der Waals surface area (Å²) in [5.74, 6) is 0. The minimum absolute atomic E-state index is 0.206. The van der Waals surface area contributed by atoms with Gasteiger partial charge in [-0.25, -0.2) is 0 Å². The molecule has 1 aromatic rings. The van der Waals surface area contributed by atoms with Crippen LogP contribution in [0.5, 0.6) is 0 Å². The Balaban J connectivity index is 2.62. The maximum Gasteiger partial charge on any atom is 0.102 e. The molecule has 0 amide bonds. The van der Waals surface area contributed by atoms with Crippen molar-refractivity contribution in [2.24, 2.45) is 0 Å². The highest BCUT2D eigenvalue weighted by Gasteiger charge is 2.14. The number of aliphatic hydroxyl groups is 1. The van der Waals surface area contributed by atoms with Crippen LogP contribution in [0.15, 0.2) is 24.3 Å². The zero-order chi connectivity index (χ0) is 12.9. The first-order chi connectivity index (χ1) is 7.92. The van der Waals surface area contributed by atoms with Gasteiger partial charge in [0.25, 0.3) is 0 Å². The smallest absolute Gasteiger partial charge is 0.102 e. The fourth-order valence-corrected chi connectivity index (χ4v) is 1.67. The van der Waals surface area contributed by atoms with Gasteiger partial charge in [-0.15, -0.1) is 0 Å². The molecule has 0 heterocycles. The van der Waals surface area contributed by atoms with Gasteiger partial charge in [-0.05, 0) is 38.3 Å². The van der Waals surface area contributed by atoms with Gasteiger partial charge in [0.05, 0.1) is 12.2 Å². The highest BCUT2D eigenvalue weighted by atomic mass is 16.5. The fourth-order valence-electron chi connectivity index (χ4n) is 1.67. The minimum atomic E-state index is -0.536. The number of ether oxygens (including phenoxy) is 1. The van der Waals surface area contributed by atoms with Crippen LogP contribution < -0.4 is 0 Å². The van der Waals surface area contributed by atoms with Crippen molar-refractivity contribution in [3.05, 3.63) is 35.4 Å². The molecule has 0 saturated heterocycles. The molecule has 1 rings (SSSR count). The van der Waals surface area contributed by atoms with E-state index in [1.165, 1.54) is 5.56 Å². The number of aryl methyl sites for hydroxylation is 1. The van der Waals surface area contributed by atoms with E-state index in [9.17, 15) is 5.11 Å². The Morgan fingerprint density at radius 3 is 2.59 bits per heavy atom. The van der Waals surface area contributed by atoms with Gasteiger partial charge in [-0.1, -0.05) is 37.6 Å². The zero-order valence-electron chi connectivity index (χ0n) is 11.4. The zero-order valence-corrected chi connectivity index (χ0v) is 11.4. The lowest BCUT2D eigenvalue weighted by Crippen LogP contribution is -2.22. The SMILES string of the molecule is CCCc1cccc(C(O)COC(C)(C)C)c1. The molecule has 1 unspecified atom stereocenters. The lowest BCUT2D eigenvalue weighted by molar-refractivity contribution is -0.0496. The molecule has 0 saturated carbocycles. The standard InChI is InChI=1S/C15H24O2/c1-5-7-12-8-6-9-13(10-12)14(16)11-17-15(2,3)4/h6,8-10,14,16H,5,7,11H2,1-4H3. The predicted octanol–water partition coefficient (Wildman–Crippen LogP) is 3.49. The van der Waals surface area contributed by atoms with E-state index in [-0.39, 0.29) is 5.60 Å². The van der Waals surface area contributed by atoms with E-state index >= 15 is 0 Å². The van der Waals surface area contributed by atoms with Crippen LogP contribution in [0.1, 0.15) is 51.3 Å². The van der Waals surface area contributed by atoms with Gasteiger partial charge in [-0.2, -0.15) is 0 Å². The van der Waals surface area contributed by atoms with E-state index in [0.29, 0.717) is 6.61 Å². The number of benzene rings is 1. The van der Waals surface area contributed by atoms with Crippen LogP contribution in [0.2, 0.25) is 0 Å². The third-order valence-electron chi connectivity index (χ3n) is 2.55. The van der Waals surface area contributed by atoms with Crippen molar-refractivity contribution in [1.29, 1.82) is 0 Å². The monoisotopic (exact) mass is 236 g/mol. The summed E-state index contributed by atoms with van der Waals surface area (Å²) in [6, 6.07) is 8.13. The quantitative estimate of drug-likeness (QED) is 0.848. The van der Waals surface area contributed by atoms with Crippen molar-refractivity contribution in [2.75, 3.05) is 6.61 Å². The third kappa shape index (κ3) is 5.33. The molecule has 0 aliphatic heterocycles. The molecule has 96 valence electrons. The van der Waals surface area contributed by atoms with Gasteiger partial charge >= 0.3 is 0 Å². The van der Waals surface area contributed by atoms with Crippen LogP contribution >= 0.6 is 0 Å². The van der Waals surface area contributed by atoms with Crippen LogP contribution in [0, 0.1) is 0 Å². The molecule has 0 radical (unpaired) electrons. The second-order valence-corrected chi connectivity index (χ2v) is 5.43. The molecule has 0 bridgehead atoms. The number of aliphatic hydroxyl groups excluding tert-OH is 1. The highest BCUT2D eigenvalue weighted by Crippen LogP contribution is 2.18. The summed E-state index contributed by atoms with van der Waals surface area (Å²) in [6.07, 6.45) is 1.64. The molecule has 0 aliphatic carbocycles. The maximum absolute atomic E-state index is 10.1. The van der Waals surface area contributed by atoms with E-state index in [2.05, 4.69) is 19.1 Å². The lowest BCUT2D eigenvalue weighted by Gasteiger charge is -2.22. The second kappa shape index (κ2) is 6.18. The summed E-state index contributed by atoms with van der Waals surface area (Å²) in [4.78, 5) is 0. The summed E-state index contributed by atoms with van der Waals surface area (Å²) >= 11 is 0. The Hall–Kier alpha value is -0.860. The van der Waals surface area contributed by atoms with Crippen molar-refractivity contribution in [3.8, 4) is 0 Å². The Morgan fingerprint density at radius 1 is 1.29 bits per heavy atom. The molecule has 1 aromatic carbocycles. The van der Waals surface area contributed by atoms with Crippen LogP contribution in [-0.4, -0.2) is 17.3 Å². The van der Waals surface area contributed by atoms with Gasteiger partial charge in [-0.3, -0.25) is 0 Å². The van der Waals surface area contributed by atoms with Gasteiger partial charge in [0.2, 0.25) is 0 Å². The number of hydrogen-bond donors (Lipinski definition) is 1. The lowest BCUT2D eigenvalue weighted by atomic mass is 10.0. The first kappa shape index (κ1) is 14.2. The molecular formula is C15H24O2. The molecule has 0 spiro atoms. The van der Waals surface area contributed by atoms with Crippen molar-refractivity contribution in [1.82, 2.24) is 0 Å². The Bertz CT molecular complexity index is 339. The summed E-state index contributed by atoms with van der Waals surface area (Å²) in [5.41, 5.74) is 2.02. The minimum Gasteiger partial charge on any atom is -0.386 e. The Labute approximate surface area is 105 Å². The second-order valence-electron chi connectivity index (χ2n) is 5.43. The topological polar surface area (TPSA) is 29.5 Å². The summed E-state index contributed by atoms with van der Waals surface area (Å²) in [6.45, 7) is 8.48. The van der Waals surface area contributed by atoms with E-state index < -0.39 is 6.10 Å². The predicted molar refractivity (Wildman–Crippen MR) is 71.1 cm³/mol. The molecule has 0 fully saturated rings. The maximum atomic E-state index is 10.1. The summed E-state index contributed by atoms with van der Waals surface area (Å²) in [7, 11) is 0. The number of rotatable bonds is 5. The Morgan fingerprint density at radius 2 is 2.00 bits per heavy atom. The molecule has 17 heavy (non-hydrogen) atoms. The molecule has 1 atom stereocenters. The first-order valence-electron chi connectivity index (χ1n) is 6.33. The van der Waals surface area contributed by atoms with Crippen molar-refractivity contribution in [2.45, 2.75) is 52.2 Å². The summed E-state index contributed by atoms with van der Waals surface area (Å²) in [5, 5.41) is 10.1. The van der Waals surface area contributed by atoms with Crippen LogP contribution in [0.3, 0.4) is 0 Å². The fraction of sp³-hybridized carbons (Fsp3) is 0.600.